The first kappa shape index (κ1) is 14.9. The maximum atomic E-state index is 11.8. The average molecular weight is 258 g/mol. The van der Waals surface area contributed by atoms with E-state index in [1.165, 1.54) is 7.11 Å². The Kier molecular flexibility index (Phi) is 5.10. The van der Waals surface area contributed by atoms with Crippen LogP contribution in [0.3, 0.4) is 0 Å². The third kappa shape index (κ3) is 4.62. The van der Waals surface area contributed by atoms with E-state index in [0.29, 0.717) is 13.2 Å². The molecule has 1 rings (SSSR count). The molecule has 0 radical (unpaired) electrons. The Morgan fingerprint density at radius 1 is 1.44 bits per heavy atom. The Bertz CT molecular complexity index is 312. The molecule has 1 atom stereocenters. The SMILES string of the molecule is COC(=O)C1COCCN1CC(=O)NC(C)(C)C. The summed E-state index contributed by atoms with van der Waals surface area (Å²) in [6.45, 7) is 7.29. The highest BCUT2D eigenvalue weighted by atomic mass is 16.5. The molecule has 0 bridgehead atoms. The molecule has 0 aromatic rings. The van der Waals surface area contributed by atoms with Crippen LogP contribution in [0.5, 0.6) is 0 Å². The smallest absolute Gasteiger partial charge is 0.325 e. The van der Waals surface area contributed by atoms with Crippen molar-refractivity contribution in [2.75, 3.05) is 33.4 Å². The van der Waals surface area contributed by atoms with Gasteiger partial charge in [-0.1, -0.05) is 0 Å². The van der Waals surface area contributed by atoms with Crippen molar-refractivity contribution in [2.24, 2.45) is 0 Å². The van der Waals surface area contributed by atoms with Gasteiger partial charge in [-0.3, -0.25) is 14.5 Å². The number of morpholine rings is 1. The molecule has 1 saturated heterocycles. The third-order valence-corrected chi connectivity index (χ3v) is 2.57. The summed E-state index contributed by atoms with van der Waals surface area (Å²) < 4.78 is 9.95. The number of ether oxygens (including phenoxy) is 2. The minimum Gasteiger partial charge on any atom is -0.468 e. The molecule has 18 heavy (non-hydrogen) atoms. The van der Waals surface area contributed by atoms with Gasteiger partial charge in [-0.05, 0) is 20.8 Å². The van der Waals surface area contributed by atoms with Crippen molar-refractivity contribution >= 4 is 11.9 Å². The van der Waals surface area contributed by atoms with Crippen molar-refractivity contribution in [1.82, 2.24) is 10.2 Å². The maximum absolute atomic E-state index is 11.8. The van der Waals surface area contributed by atoms with Gasteiger partial charge in [0.25, 0.3) is 0 Å². The molecule has 0 aromatic carbocycles. The Hall–Kier alpha value is -1.14. The van der Waals surface area contributed by atoms with Gasteiger partial charge >= 0.3 is 5.97 Å². The molecule has 6 heteroatoms. The molecule has 1 aliphatic heterocycles. The lowest BCUT2D eigenvalue weighted by Crippen LogP contribution is -2.55. The van der Waals surface area contributed by atoms with E-state index in [2.05, 4.69) is 5.32 Å². The Labute approximate surface area is 108 Å². The predicted molar refractivity (Wildman–Crippen MR) is 66.1 cm³/mol. The second kappa shape index (κ2) is 6.15. The minimum absolute atomic E-state index is 0.0988. The molecular weight excluding hydrogens is 236 g/mol. The Morgan fingerprint density at radius 3 is 2.67 bits per heavy atom. The predicted octanol–water partition coefficient (Wildman–Crippen LogP) is -0.225. The van der Waals surface area contributed by atoms with Crippen LogP contribution in [0.15, 0.2) is 0 Å². The molecule has 1 aliphatic rings. The van der Waals surface area contributed by atoms with Gasteiger partial charge in [0.2, 0.25) is 5.91 Å². The van der Waals surface area contributed by atoms with Crippen molar-refractivity contribution in [3.63, 3.8) is 0 Å². The molecule has 1 fully saturated rings. The normalized spacial score (nSPS) is 21.4. The molecule has 1 amide bonds. The highest BCUT2D eigenvalue weighted by molar-refractivity contribution is 5.81. The number of carbonyl (C=O) groups is 2. The molecule has 1 N–H and O–H groups in total. The Morgan fingerprint density at radius 2 is 2.11 bits per heavy atom. The van der Waals surface area contributed by atoms with Gasteiger partial charge in [-0.25, -0.2) is 0 Å². The fraction of sp³-hybridized carbons (Fsp3) is 0.833. The van der Waals surface area contributed by atoms with Crippen LogP contribution in [0, 0.1) is 0 Å². The highest BCUT2D eigenvalue weighted by Crippen LogP contribution is 2.08. The van der Waals surface area contributed by atoms with E-state index in [4.69, 9.17) is 9.47 Å². The summed E-state index contributed by atoms with van der Waals surface area (Å²) in [6, 6.07) is -0.491. The average Bonchev–Trinajstić information content (AvgIpc) is 2.26. The zero-order valence-corrected chi connectivity index (χ0v) is 11.5. The minimum atomic E-state index is -0.491. The second-order valence-corrected chi connectivity index (χ2v) is 5.38. The third-order valence-electron chi connectivity index (χ3n) is 2.57. The number of rotatable bonds is 3. The summed E-state index contributed by atoms with van der Waals surface area (Å²) in [5, 5.41) is 2.87. The van der Waals surface area contributed by atoms with Crippen LogP contribution in [0.1, 0.15) is 20.8 Å². The van der Waals surface area contributed by atoms with Crippen LogP contribution in [-0.2, 0) is 19.1 Å². The van der Waals surface area contributed by atoms with E-state index >= 15 is 0 Å². The molecule has 0 aromatic heterocycles. The van der Waals surface area contributed by atoms with Gasteiger partial charge in [-0.2, -0.15) is 0 Å². The van der Waals surface area contributed by atoms with Gasteiger partial charge in [0, 0.05) is 12.1 Å². The zero-order chi connectivity index (χ0) is 13.8. The lowest BCUT2D eigenvalue weighted by Gasteiger charge is -2.33. The van der Waals surface area contributed by atoms with Gasteiger partial charge < -0.3 is 14.8 Å². The van der Waals surface area contributed by atoms with E-state index in [9.17, 15) is 9.59 Å². The number of methoxy groups -OCH3 is 1. The zero-order valence-electron chi connectivity index (χ0n) is 11.5. The van der Waals surface area contributed by atoms with Gasteiger partial charge in [0.1, 0.15) is 6.04 Å². The lowest BCUT2D eigenvalue weighted by molar-refractivity contribution is -0.154. The summed E-state index contributed by atoms with van der Waals surface area (Å²) in [6.07, 6.45) is 0. The maximum Gasteiger partial charge on any atom is 0.325 e. The highest BCUT2D eigenvalue weighted by Gasteiger charge is 2.31. The first-order chi connectivity index (χ1) is 8.33. The van der Waals surface area contributed by atoms with E-state index in [0.717, 1.165) is 0 Å². The van der Waals surface area contributed by atoms with Crippen molar-refractivity contribution in [3.05, 3.63) is 0 Å². The van der Waals surface area contributed by atoms with E-state index < -0.39 is 6.04 Å². The van der Waals surface area contributed by atoms with Crippen LogP contribution >= 0.6 is 0 Å². The van der Waals surface area contributed by atoms with Gasteiger partial charge in [0.15, 0.2) is 0 Å². The molecule has 0 saturated carbocycles. The number of nitrogens with one attached hydrogen (secondary N) is 1. The summed E-state index contributed by atoms with van der Waals surface area (Å²) in [5.41, 5.74) is -0.274. The quantitative estimate of drug-likeness (QED) is 0.709. The number of esters is 1. The van der Waals surface area contributed by atoms with Crippen molar-refractivity contribution in [2.45, 2.75) is 32.4 Å². The first-order valence-corrected chi connectivity index (χ1v) is 6.04. The molecule has 0 aliphatic carbocycles. The van der Waals surface area contributed by atoms with Crippen molar-refractivity contribution < 1.29 is 19.1 Å². The molecule has 0 spiro atoms. The van der Waals surface area contributed by atoms with E-state index in [1.54, 1.807) is 4.90 Å². The number of hydrogen-bond acceptors (Lipinski definition) is 5. The molecule has 1 unspecified atom stereocenters. The van der Waals surface area contributed by atoms with Crippen LogP contribution < -0.4 is 5.32 Å². The number of carbonyl (C=O) groups excluding carboxylic acids is 2. The summed E-state index contributed by atoms with van der Waals surface area (Å²) in [4.78, 5) is 25.2. The number of amides is 1. The van der Waals surface area contributed by atoms with Crippen LogP contribution in [0.2, 0.25) is 0 Å². The standard InChI is InChI=1S/C12H22N2O4/c1-12(2,3)13-10(15)7-14-5-6-18-8-9(14)11(16)17-4/h9H,5-8H2,1-4H3,(H,13,15). The molecular formula is C12H22N2O4. The van der Waals surface area contributed by atoms with E-state index in [1.807, 2.05) is 20.8 Å². The monoisotopic (exact) mass is 258 g/mol. The second-order valence-electron chi connectivity index (χ2n) is 5.38. The molecule has 6 nitrogen and oxygen atoms in total. The number of hydrogen-bond donors (Lipinski definition) is 1. The molecule has 104 valence electrons. The first-order valence-electron chi connectivity index (χ1n) is 6.04. The van der Waals surface area contributed by atoms with Crippen LogP contribution in [-0.4, -0.2) is 61.8 Å². The van der Waals surface area contributed by atoms with Gasteiger partial charge in [0.05, 0.1) is 26.9 Å². The fourth-order valence-corrected chi connectivity index (χ4v) is 1.82. The number of nitrogens with zero attached hydrogens (tertiary/aromatic N) is 1. The Balaban J connectivity index is 2.57. The fourth-order valence-electron chi connectivity index (χ4n) is 1.82. The van der Waals surface area contributed by atoms with Crippen LogP contribution in [0.4, 0.5) is 0 Å². The van der Waals surface area contributed by atoms with E-state index in [-0.39, 0.29) is 30.6 Å². The van der Waals surface area contributed by atoms with Crippen molar-refractivity contribution in [3.8, 4) is 0 Å². The summed E-state index contributed by atoms with van der Waals surface area (Å²) in [5.74, 6) is -0.462. The topological polar surface area (TPSA) is 67.9 Å². The van der Waals surface area contributed by atoms with Crippen LogP contribution in [0.25, 0.3) is 0 Å². The van der Waals surface area contributed by atoms with Gasteiger partial charge in [-0.15, -0.1) is 0 Å². The lowest BCUT2D eigenvalue weighted by atomic mass is 10.1. The molecule has 1 heterocycles. The van der Waals surface area contributed by atoms with Crippen molar-refractivity contribution in [1.29, 1.82) is 0 Å². The largest absolute Gasteiger partial charge is 0.468 e. The summed E-state index contributed by atoms with van der Waals surface area (Å²) in [7, 11) is 1.34. The summed E-state index contributed by atoms with van der Waals surface area (Å²) >= 11 is 0.